The Kier molecular flexibility index (Phi) is 4.36. The number of rotatable bonds is 3. The second-order valence-corrected chi connectivity index (χ2v) is 7.03. The van der Waals surface area contributed by atoms with Crippen molar-refractivity contribution in [2.45, 2.75) is 30.9 Å². The van der Waals surface area contributed by atoms with Crippen LogP contribution in [0, 0.1) is 0 Å². The minimum absolute atomic E-state index is 0.0925. The molecular formula is C20H24N2O3. The van der Waals surface area contributed by atoms with Crippen LogP contribution in [0.5, 0.6) is 0 Å². The third-order valence-electron chi connectivity index (χ3n) is 5.58. The molecule has 2 aliphatic heterocycles. The smallest absolute Gasteiger partial charge is 0.289 e. The molecule has 2 atom stereocenters. The van der Waals surface area contributed by atoms with Crippen molar-refractivity contribution in [2.24, 2.45) is 0 Å². The predicted molar refractivity (Wildman–Crippen MR) is 94.2 cm³/mol. The minimum Gasteiger partial charge on any atom is -0.459 e. The normalized spacial score (nSPS) is 27.6. The lowest BCUT2D eigenvalue weighted by Crippen LogP contribution is -2.61. The largest absolute Gasteiger partial charge is 0.459 e. The zero-order valence-corrected chi connectivity index (χ0v) is 14.3. The fraction of sp³-hybridized carbons (Fsp3) is 0.450. The van der Waals surface area contributed by atoms with Gasteiger partial charge in [0.15, 0.2) is 5.76 Å². The lowest BCUT2D eigenvalue weighted by atomic mass is 9.79. The van der Waals surface area contributed by atoms with Crippen molar-refractivity contribution in [3.05, 3.63) is 60.1 Å². The molecule has 0 saturated carbocycles. The van der Waals surface area contributed by atoms with E-state index in [1.165, 1.54) is 6.26 Å². The molecule has 1 aromatic heterocycles. The van der Waals surface area contributed by atoms with Crippen LogP contribution in [0.4, 0.5) is 0 Å². The zero-order valence-electron chi connectivity index (χ0n) is 14.3. The molecule has 1 aromatic carbocycles. The third kappa shape index (κ3) is 2.98. The first-order chi connectivity index (χ1) is 12.2. The molecule has 0 aliphatic carbocycles. The molecule has 0 spiro atoms. The van der Waals surface area contributed by atoms with Gasteiger partial charge in [-0.25, -0.2) is 0 Å². The highest BCUT2D eigenvalue weighted by Crippen LogP contribution is 2.37. The number of nitrogens with zero attached hydrogens (tertiary/aromatic N) is 2. The van der Waals surface area contributed by atoms with Gasteiger partial charge < -0.3 is 14.4 Å². The van der Waals surface area contributed by atoms with Gasteiger partial charge in [-0.15, -0.1) is 0 Å². The maximum Gasteiger partial charge on any atom is 0.289 e. The van der Waals surface area contributed by atoms with Gasteiger partial charge in [-0.1, -0.05) is 30.3 Å². The SMILES string of the molecule is O=C(c1ccco1)N1CC[C@](O)(c2ccccc2)[C@H](N2CCCC2)C1. The summed E-state index contributed by atoms with van der Waals surface area (Å²) in [5.41, 5.74) is 0.0166. The molecule has 1 amide bonds. The van der Waals surface area contributed by atoms with E-state index in [0.29, 0.717) is 25.3 Å². The number of aliphatic hydroxyl groups is 1. The molecule has 3 heterocycles. The number of furan rings is 1. The van der Waals surface area contributed by atoms with E-state index in [-0.39, 0.29) is 11.9 Å². The van der Waals surface area contributed by atoms with E-state index in [4.69, 9.17) is 4.42 Å². The summed E-state index contributed by atoms with van der Waals surface area (Å²) in [5, 5.41) is 11.6. The Labute approximate surface area is 147 Å². The van der Waals surface area contributed by atoms with Gasteiger partial charge in [0.1, 0.15) is 5.60 Å². The molecule has 0 radical (unpaired) electrons. The van der Waals surface area contributed by atoms with Crippen LogP contribution in [-0.2, 0) is 5.60 Å². The molecule has 2 aromatic rings. The number of hydrogen-bond acceptors (Lipinski definition) is 4. The zero-order chi connectivity index (χ0) is 17.3. The number of amides is 1. The topological polar surface area (TPSA) is 56.9 Å². The quantitative estimate of drug-likeness (QED) is 0.933. The standard InChI is InChI=1S/C20H24N2O3/c23-19(17-9-6-14-25-17)22-13-10-20(24,16-7-2-1-3-8-16)18(15-22)21-11-4-5-12-21/h1-3,6-9,14,18,24H,4-5,10-13,15H2/t18-,20+/m1/s1. The van der Waals surface area contributed by atoms with Gasteiger partial charge in [-0.05, 0) is 50.0 Å². The summed E-state index contributed by atoms with van der Waals surface area (Å²) in [6, 6.07) is 13.2. The van der Waals surface area contributed by atoms with Crippen LogP contribution in [0.25, 0.3) is 0 Å². The van der Waals surface area contributed by atoms with Crippen molar-refractivity contribution in [3.8, 4) is 0 Å². The lowest BCUT2D eigenvalue weighted by molar-refractivity contribution is -0.0881. The molecule has 1 N–H and O–H groups in total. The van der Waals surface area contributed by atoms with Gasteiger partial charge in [0.05, 0.1) is 12.3 Å². The van der Waals surface area contributed by atoms with Crippen molar-refractivity contribution in [1.29, 1.82) is 0 Å². The molecule has 132 valence electrons. The van der Waals surface area contributed by atoms with E-state index < -0.39 is 5.60 Å². The summed E-state index contributed by atoms with van der Waals surface area (Å²) in [5.74, 6) is 0.273. The van der Waals surface area contributed by atoms with Crippen molar-refractivity contribution in [1.82, 2.24) is 9.80 Å². The maximum atomic E-state index is 12.7. The highest BCUT2D eigenvalue weighted by Gasteiger charge is 2.47. The Morgan fingerprint density at radius 3 is 2.52 bits per heavy atom. The lowest BCUT2D eigenvalue weighted by Gasteiger charge is -2.48. The van der Waals surface area contributed by atoms with Gasteiger partial charge in [0.2, 0.25) is 0 Å². The molecule has 0 unspecified atom stereocenters. The van der Waals surface area contributed by atoms with Gasteiger partial charge in [-0.3, -0.25) is 9.69 Å². The van der Waals surface area contributed by atoms with Gasteiger partial charge in [0.25, 0.3) is 5.91 Å². The molecule has 4 rings (SSSR count). The van der Waals surface area contributed by atoms with E-state index in [2.05, 4.69) is 4.90 Å². The first-order valence-electron chi connectivity index (χ1n) is 9.03. The maximum absolute atomic E-state index is 12.7. The molecule has 2 fully saturated rings. The Morgan fingerprint density at radius 1 is 1.08 bits per heavy atom. The molecule has 2 aliphatic rings. The number of benzene rings is 1. The van der Waals surface area contributed by atoms with Crippen LogP contribution in [0.2, 0.25) is 0 Å². The molecular weight excluding hydrogens is 316 g/mol. The van der Waals surface area contributed by atoms with Crippen LogP contribution >= 0.6 is 0 Å². The van der Waals surface area contributed by atoms with Crippen molar-refractivity contribution < 1.29 is 14.3 Å². The summed E-state index contributed by atoms with van der Waals surface area (Å²) in [7, 11) is 0. The Balaban J connectivity index is 1.62. The summed E-state index contributed by atoms with van der Waals surface area (Å²) < 4.78 is 5.28. The fourth-order valence-corrected chi connectivity index (χ4v) is 4.20. The van der Waals surface area contributed by atoms with E-state index in [9.17, 15) is 9.90 Å². The Hall–Kier alpha value is -2.11. The number of carbonyl (C=O) groups is 1. The second-order valence-electron chi connectivity index (χ2n) is 7.03. The van der Waals surface area contributed by atoms with Gasteiger partial charge in [0, 0.05) is 13.1 Å². The van der Waals surface area contributed by atoms with Crippen LogP contribution in [0.1, 0.15) is 35.4 Å². The van der Waals surface area contributed by atoms with Crippen LogP contribution in [-0.4, -0.2) is 53.0 Å². The molecule has 2 saturated heterocycles. The second kappa shape index (κ2) is 6.65. The van der Waals surface area contributed by atoms with E-state index in [0.717, 1.165) is 31.5 Å². The average Bonchev–Trinajstić information content (AvgIpc) is 3.36. The first-order valence-corrected chi connectivity index (χ1v) is 9.03. The van der Waals surface area contributed by atoms with Crippen LogP contribution < -0.4 is 0 Å². The number of likely N-dealkylation sites (tertiary alicyclic amines) is 2. The predicted octanol–water partition coefficient (Wildman–Crippen LogP) is 2.48. The Morgan fingerprint density at radius 2 is 1.84 bits per heavy atom. The van der Waals surface area contributed by atoms with E-state index >= 15 is 0 Å². The van der Waals surface area contributed by atoms with Crippen LogP contribution in [0.15, 0.2) is 53.1 Å². The average molecular weight is 340 g/mol. The third-order valence-corrected chi connectivity index (χ3v) is 5.58. The van der Waals surface area contributed by atoms with Gasteiger partial charge >= 0.3 is 0 Å². The molecule has 5 heteroatoms. The highest BCUT2D eigenvalue weighted by atomic mass is 16.3. The fourth-order valence-electron chi connectivity index (χ4n) is 4.20. The number of hydrogen-bond donors (Lipinski definition) is 1. The summed E-state index contributed by atoms with van der Waals surface area (Å²) in [6.45, 7) is 2.99. The minimum atomic E-state index is -0.925. The summed E-state index contributed by atoms with van der Waals surface area (Å²) in [4.78, 5) is 16.9. The first kappa shape index (κ1) is 16.4. The number of piperidine rings is 1. The summed E-state index contributed by atoms with van der Waals surface area (Å²) in [6.07, 6.45) is 4.35. The van der Waals surface area contributed by atoms with Crippen molar-refractivity contribution in [2.75, 3.05) is 26.2 Å². The molecule has 0 bridgehead atoms. The molecule has 5 nitrogen and oxygen atoms in total. The van der Waals surface area contributed by atoms with E-state index in [1.54, 1.807) is 12.1 Å². The van der Waals surface area contributed by atoms with Crippen molar-refractivity contribution in [3.63, 3.8) is 0 Å². The summed E-state index contributed by atoms with van der Waals surface area (Å²) >= 11 is 0. The Bertz CT molecular complexity index is 710. The van der Waals surface area contributed by atoms with Crippen LogP contribution in [0.3, 0.4) is 0 Å². The van der Waals surface area contributed by atoms with E-state index in [1.807, 2.05) is 35.2 Å². The molecule has 25 heavy (non-hydrogen) atoms. The monoisotopic (exact) mass is 340 g/mol. The highest BCUT2D eigenvalue weighted by molar-refractivity contribution is 5.91. The van der Waals surface area contributed by atoms with Crippen molar-refractivity contribution >= 4 is 5.91 Å². The van der Waals surface area contributed by atoms with Gasteiger partial charge in [-0.2, -0.15) is 0 Å². The number of carbonyl (C=O) groups excluding carboxylic acids is 1.